The van der Waals surface area contributed by atoms with Crippen molar-refractivity contribution in [1.29, 1.82) is 0 Å². The summed E-state index contributed by atoms with van der Waals surface area (Å²) in [6.07, 6.45) is 1.92. The van der Waals surface area contributed by atoms with Crippen molar-refractivity contribution in [2.45, 2.75) is 25.7 Å². The lowest BCUT2D eigenvalue weighted by Gasteiger charge is -2.17. The maximum atomic E-state index is 12.7. The molecule has 108 valence electrons. The number of aliphatic imine (C=N–C) groups is 1. The van der Waals surface area contributed by atoms with Gasteiger partial charge in [0.1, 0.15) is 11.6 Å². The van der Waals surface area contributed by atoms with E-state index in [1.165, 1.54) is 0 Å². The summed E-state index contributed by atoms with van der Waals surface area (Å²) in [5, 5.41) is 2.60. The molecule has 2 aliphatic rings. The third-order valence-corrected chi connectivity index (χ3v) is 3.93. The van der Waals surface area contributed by atoms with Crippen LogP contribution in [0.25, 0.3) is 0 Å². The second-order valence-corrected chi connectivity index (χ2v) is 5.48. The minimum atomic E-state index is -0.640. The van der Waals surface area contributed by atoms with E-state index in [0.717, 1.165) is 24.1 Å². The van der Waals surface area contributed by atoms with Crippen molar-refractivity contribution in [3.63, 3.8) is 0 Å². The third kappa shape index (κ3) is 2.25. The van der Waals surface area contributed by atoms with Crippen molar-refractivity contribution >= 4 is 40.5 Å². The van der Waals surface area contributed by atoms with Crippen LogP contribution >= 0.6 is 12.2 Å². The number of nitrogens with zero attached hydrogens (tertiary/aromatic N) is 2. The van der Waals surface area contributed by atoms with Crippen molar-refractivity contribution in [2.24, 2.45) is 4.99 Å². The van der Waals surface area contributed by atoms with Gasteiger partial charge < -0.3 is 4.90 Å². The van der Waals surface area contributed by atoms with E-state index in [1.54, 1.807) is 4.90 Å². The number of benzene rings is 1. The van der Waals surface area contributed by atoms with Crippen LogP contribution in [0.4, 0.5) is 5.69 Å². The van der Waals surface area contributed by atoms with Gasteiger partial charge in [0.05, 0.1) is 0 Å². The molecule has 0 saturated carbocycles. The third-order valence-electron chi connectivity index (χ3n) is 3.74. The number of nitrogens with one attached hydrogen (secondary N) is 1. The summed E-state index contributed by atoms with van der Waals surface area (Å²) in [6.45, 7) is 2.74. The maximum Gasteiger partial charge on any atom is 0.273 e. The number of para-hydroxylation sites is 1. The van der Waals surface area contributed by atoms with Crippen LogP contribution in [0.15, 0.2) is 29.3 Å². The number of hydrogen-bond acceptors (Lipinski definition) is 3. The number of rotatable bonds is 4. The number of fused-ring (bicyclic) bond motifs is 1. The molecule has 21 heavy (non-hydrogen) atoms. The number of amides is 2. The Morgan fingerprint density at radius 3 is 2.76 bits per heavy atom. The zero-order chi connectivity index (χ0) is 15.0. The van der Waals surface area contributed by atoms with Crippen LogP contribution in [0.3, 0.4) is 0 Å². The summed E-state index contributed by atoms with van der Waals surface area (Å²) >= 11 is 4.90. The van der Waals surface area contributed by atoms with Crippen molar-refractivity contribution < 1.29 is 9.59 Å². The molecule has 6 heteroatoms. The van der Waals surface area contributed by atoms with Crippen molar-refractivity contribution in [3.8, 4) is 0 Å². The smallest absolute Gasteiger partial charge is 0.273 e. The minimum absolute atomic E-state index is 0.0942. The van der Waals surface area contributed by atoms with Gasteiger partial charge in [0.15, 0.2) is 5.11 Å². The first-order valence-electron chi connectivity index (χ1n) is 6.97. The predicted octanol–water partition coefficient (Wildman–Crippen LogP) is 1.77. The molecule has 0 spiro atoms. The largest absolute Gasteiger partial charge is 0.311 e. The number of thiocarbonyl (C=S) groups is 1. The summed E-state index contributed by atoms with van der Waals surface area (Å²) in [6, 6.07) is 7.55. The van der Waals surface area contributed by atoms with E-state index in [2.05, 4.69) is 17.2 Å². The molecule has 0 saturated heterocycles. The molecule has 0 aromatic heterocycles. The molecule has 3 rings (SSSR count). The molecule has 1 unspecified atom stereocenters. The highest BCUT2D eigenvalue weighted by Gasteiger charge is 2.43. The first-order chi connectivity index (χ1) is 10.1. The molecule has 0 radical (unpaired) electrons. The van der Waals surface area contributed by atoms with Gasteiger partial charge in [-0.2, -0.15) is 0 Å². The molecular formula is C15H15N3O2S. The Kier molecular flexibility index (Phi) is 3.55. The van der Waals surface area contributed by atoms with E-state index in [9.17, 15) is 9.59 Å². The summed E-state index contributed by atoms with van der Waals surface area (Å²) in [7, 11) is 0. The van der Waals surface area contributed by atoms with Gasteiger partial charge in [0.25, 0.3) is 5.91 Å². The van der Waals surface area contributed by atoms with Gasteiger partial charge in [-0.1, -0.05) is 31.5 Å². The van der Waals surface area contributed by atoms with Crippen LogP contribution in [0.5, 0.6) is 0 Å². The fraction of sp³-hybridized carbons (Fsp3) is 0.333. The lowest BCUT2D eigenvalue weighted by atomic mass is 9.95. The van der Waals surface area contributed by atoms with Crippen molar-refractivity contribution in [1.82, 2.24) is 5.32 Å². The Bertz CT molecular complexity index is 669. The molecule has 1 aromatic carbocycles. The number of carbonyl (C=O) groups excluding carboxylic acids is 2. The van der Waals surface area contributed by atoms with Crippen LogP contribution < -0.4 is 10.2 Å². The monoisotopic (exact) mass is 301 g/mol. The Balaban J connectivity index is 2.03. The predicted molar refractivity (Wildman–Crippen MR) is 84.6 cm³/mol. The quantitative estimate of drug-likeness (QED) is 0.862. The van der Waals surface area contributed by atoms with E-state index in [0.29, 0.717) is 6.54 Å². The van der Waals surface area contributed by atoms with Crippen LogP contribution in [-0.2, 0) is 9.59 Å². The highest BCUT2D eigenvalue weighted by molar-refractivity contribution is 7.80. The van der Waals surface area contributed by atoms with Gasteiger partial charge in [0.2, 0.25) is 5.91 Å². The van der Waals surface area contributed by atoms with E-state index < -0.39 is 5.92 Å². The maximum absolute atomic E-state index is 12.7. The number of unbranched alkanes of at least 4 members (excludes halogenated alkanes) is 1. The second-order valence-electron chi connectivity index (χ2n) is 5.09. The highest BCUT2D eigenvalue weighted by Crippen LogP contribution is 2.38. The van der Waals surface area contributed by atoms with Crippen LogP contribution in [0.2, 0.25) is 0 Å². The Morgan fingerprint density at radius 1 is 1.33 bits per heavy atom. The molecule has 2 amide bonds. The molecular weight excluding hydrogens is 286 g/mol. The van der Waals surface area contributed by atoms with Gasteiger partial charge in [-0.15, -0.1) is 0 Å². The molecule has 0 bridgehead atoms. The molecule has 2 aliphatic heterocycles. The van der Waals surface area contributed by atoms with E-state index >= 15 is 0 Å². The first kappa shape index (κ1) is 13.9. The van der Waals surface area contributed by atoms with Crippen molar-refractivity contribution in [2.75, 3.05) is 11.4 Å². The Hall–Kier alpha value is -2.08. The zero-order valence-electron chi connectivity index (χ0n) is 11.6. The average Bonchev–Trinajstić information content (AvgIpc) is 2.93. The molecule has 2 heterocycles. The summed E-state index contributed by atoms with van der Waals surface area (Å²) in [4.78, 5) is 30.5. The zero-order valence-corrected chi connectivity index (χ0v) is 12.4. The second kappa shape index (κ2) is 5.37. The van der Waals surface area contributed by atoms with Crippen LogP contribution in [0, 0.1) is 0 Å². The average molecular weight is 301 g/mol. The molecule has 0 fully saturated rings. The number of hydrogen-bond donors (Lipinski definition) is 1. The van der Waals surface area contributed by atoms with Gasteiger partial charge in [-0.25, -0.2) is 4.99 Å². The van der Waals surface area contributed by atoms with Gasteiger partial charge in [0, 0.05) is 12.2 Å². The fourth-order valence-corrected chi connectivity index (χ4v) is 2.93. The SMILES string of the molecule is CCCCN1C(=O)C(C2=NC(=S)NC2=O)c2ccccc21. The lowest BCUT2D eigenvalue weighted by molar-refractivity contribution is -0.119. The molecule has 1 aromatic rings. The molecule has 0 aliphatic carbocycles. The van der Waals surface area contributed by atoms with Crippen LogP contribution in [-0.4, -0.2) is 29.2 Å². The fourth-order valence-electron chi connectivity index (χ4n) is 2.74. The van der Waals surface area contributed by atoms with E-state index in [4.69, 9.17) is 12.2 Å². The van der Waals surface area contributed by atoms with Gasteiger partial charge in [-0.3, -0.25) is 14.9 Å². The lowest BCUT2D eigenvalue weighted by Crippen LogP contribution is -2.36. The Morgan fingerprint density at radius 2 is 2.10 bits per heavy atom. The molecule has 5 nitrogen and oxygen atoms in total. The van der Waals surface area contributed by atoms with Gasteiger partial charge >= 0.3 is 0 Å². The van der Waals surface area contributed by atoms with Crippen LogP contribution in [0.1, 0.15) is 31.2 Å². The normalized spacial score (nSPS) is 20.6. The Labute approximate surface area is 128 Å². The van der Waals surface area contributed by atoms with Gasteiger partial charge in [-0.05, 0) is 30.3 Å². The summed E-state index contributed by atoms with van der Waals surface area (Å²) in [5.74, 6) is -1.10. The van der Waals surface area contributed by atoms with E-state index in [1.807, 2.05) is 24.3 Å². The first-order valence-corrected chi connectivity index (χ1v) is 7.38. The highest BCUT2D eigenvalue weighted by atomic mass is 32.1. The molecule has 1 atom stereocenters. The van der Waals surface area contributed by atoms with Crippen molar-refractivity contribution in [3.05, 3.63) is 29.8 Å². The molecule has 1 N–H and O–H groups in total. The van der Waals surface area contributed by atoms with E-state index in [-0.39, 0.29) is 22.6 Å². The summed E-state index contributed by atoms with van der Waals surface area (Å²) in [5.41, 5.74) is 1.91. The number of anilines is 1. The standard InChI is InChI=1S/C15H15N3O2S/c1-2-3-8-18-10-7-5-4-6-9(10)11(14(18)20)12-13(19)17-15(21)16-12/h4-7,11H,2-3,8H2,1H3,(H,17,19,21). The number of carbonyl (C=O) groups is 2. The topological polar surface area (TPSA) is 61.8 Å². The summed E-state index contributed by atoms with van der Waals surface area (Å²) < 4.78 is 0. The minimum Gasteiger partial charge on any atom is -0.311 e.